The number of hydrogen-bond acceptors (Lipinski definition) is 3. The first-order valence-electron chi connectivity index (χ1n) is 4.66. The van der Waals surface area contributed by atoms with E-state index in [0.717, 1.165) is 5.56 Å². The topological polar surface area (TPSA) is 128 Å². The lowest BCUT2D eigenvalue weighted by Crippen LogP contribution is -2.32. The van der Waals surface area contributed by atoms with Gasteiger partial charge in [0.2, 0.25) is 0 Å². The van der Waals surface area contributed by atoms with Crippen molar-refractivity contribution in [3.63, 3.8) is 0 Å². The fourth-order valence-corrected chi connectivity index (χ4v) is 1.20. The molecule has 0 aliphatic rings. The Balaban J connectivity index is 2.72. The van der Waals surface area contributed by atoms with Crippen LogP contribution in [0.5, 0.6) is 0 Å². The summed E-state index contributed by atoms with van der Waals surface area (Å²) in [5.74, 6) is -1.04. The second-order valence-corrected chi connectivity index (χ2v) is 3.35. The van der Waals surface area contributed by atoms with Crippen molar-refractivity contribution in [3.8, 4) is 0 Å². The van der Waals surface area contributed by atoms with E-state index >= 15 is 0 Å². The Bertz CT molecular complexity index is 396. The summed E-state index contributed by atoms with van der Waals surface area (Å²) >= 11 is 0. The van der Waals surface area contributed by atoms with Crippen molar-refractivity contribution in [3.05, 3.63) is 29.8 Å². The highest BCUT2D eigenvalue weighted by molar-refractivity contribution is 5.79. The van der Waals surface area contributed by atoms with Crippen molar-refractivity contribution in [2.75, 3.05) is 0 Å². The molecular formula is C10H14N4O2. The number of hydrogen-bond donors (Lipinski definition) is 4. The van der Waals surface area contributed by atoms with Gasteiger partial charge in [0.15, 0.2) is 5.96 Å². The molecule has 0 heterocycles. The molecule has 0 saturated heterocycles. The Morgan fingerprint density at radius 3 is 2.31 bits per heavy atom. The number of carboxylic acids is 1. The van der Waals surface area contributed by atoms with Crippen molar-refractivity contribution in [2.24, 2.45) is 22.2 Å². The second-order valence-electron chi connectivity index (χ2n) is 3.35. The van der Waals surface area contributed by atoms with Crippen LogP contribution in [0.1, 0.15) is 5.56 Å². The molecule has 0 amide bonds. The van der Waals surface area contributed by atoms with Crippen LogP contribution in [0.3, 0.4) is 0 Å². The minimum absolute atomic E-state index is 0.0185. The summed E-state index contributed by atoms with van der Waals surface area (Å²) in [5, 5.41) is 8.64. The Hall–Kier alpha value is -2.08. The monoisotopic (exact) mass is 222 g/mol. The van der Waals surface area contributed by atoms with Gasteiger partial charge in [-0.15, -0.1) is 0 Å². The van der Waals surface area contributed by atoms with E-state index in [1.54, 1.807) is 24.3 Å². The average molecular weight is 222 g/mol. The molecule has 6 heteroatoms. The van der Waals surface area contributed by atoms with Gasteiger partial charge in [0.25, 0.3) is 0 Å². The second kappa shape index (κ2) is 5.13. The van der Waals surface area contributed by atoms with E-state index in [1.807, 2.05) is 0 Å². The molecule has 1 aromatic rings. The van der Waals surface area contributed by atoms with E-state index in [4.69, 9.17) is 22.3 Å². The van der Waals surface area contributed by atoms with Crippen LogP contribution in [0.2, 0.25) is 0 Å². The molecule has 7 N–H and O–H groups in total. The number of carbonyl (C=O) groups is 1. The van der Waals surface area contributed by atoms with Crippen molar-refractivity contribution in [1.29, 1.82) is 0 Å². The van der Waals surface area contributed by atoms with Gasteiger partial charge in [0.05, 0.1) is 5.69 Å². The lowest BCUT2D eigenvalue weighted by molar-refractivity contribution is -0.138. The fraction of sp³-hybridized carbons (Fsp3) is 0.200. The quantitative estimate of drug-likeness (QED) is 0.405. The van der Waals surface area contributed by atoms with E-state index in [0.29, 0.717) is 5.69 Å². The van der Waals surface area contributed by atoms with Crippen molar-refractivity contribution < 1.29 is 9.90 Å². The first kappa shape index (κ1) is 12.0. The molecule has 1 rings (SSSR count). The number of nitrogens with zero attached hydrogens (tertiary/aromatic N) is 1. The number of rotatable bonds is 4. The smallest absolute Gasteiger partial charge is 0.320 e. The Morgan fingerprint density at radius 2 is 1.88 bits per heavy atom. The zero-order chi connectivity index (χ0) is 12.1. The third-order valence-electron chi connectivity index (χ3n) is 1.97. The van der Waals surface area contributed by atoms with Crippen LogP contribution in [0, 0.1) is 0 Å². The molecule has 86 valence electrons. The maximum atomic E-state index is 10.5. The summed E-state index contributed by atoms with van der Waals surface area (Å²) in [5.41, 5.74) is 17.3. The number of benzene rings is 1. The molecule has 16 heavy (non-hydrogen) atoms. The largest absolute Gasteiger partial charge is 0.480 e. The zero-order valence-corrected chi connectivity index (χ0v) is 8.63. The molecule has 1 unspecified atom stereocenters. The van der Waals surface area contributed by atoms with Gasteiger partial charge >= 0.3 is 5.97 Å². The molecule has 0 aromatic heterocycles. The zero-order valence-electron chi connectivity index (χ0n) is 8.63. The number of aliphatic imine (C=N–C) groups is 1. The standard InChI is InChI=1S/C10H14N4O2/c11-8(9(15)16)5-6-1-3-7(4-2-6)14-10(12)13/h1-4,8H,5,11H2,(H,15,16)(H4,12,13,14). The molecule has 0 radical (unpaired) electrons. The van der Waals surface area contributed by atoms with Gasteiger partial charge in [-0.2, -0.15) is 0 Å². The van der Waals surface area contributed by atoms with Gasteiger partial charge in [-0.1, -0.05) is 12.1 Å². The Morgan fingerprint density at radius 1 is 1.31 bits per heavy atom. The lowest BCUT2D eigenvalue weighted by Gasteiger charge is -2.06. The summed E-state index contributed by atoms with van der Waals surface area (Å²) in [6, 6.07) is 5.98. The predicted molar refractivity (Wildman–Crippen MR) is 61.2 cm³/mol. The van der Waals surface area contributed by atoms with Gasteiger partial charge in [-0.25, -0.2) is 4.99 Å². The van der Waals surface area contributed by atoms with Crippen LogP contribution in [-0.4, -0.2) is 23.1 Å². The first-order valence-corrected chi connectivity index (χ1v) is 4.66. The highest BCUT2D eigenvalue weighted by Gasteiger charge is 2.11. The highest BCUT2D eigenvalue weighted by atomic mass is 16.4. The van der Waals surface area contributed by atoms with Crippen LogP contribution in [-0.2, 0) is 11.2 Å². The van der Waals surface area contributed by atoms with Gasteiger partial charge in [-0.3, -0.25) is 4.79 Å². The van der Waals surface area contributed by atoms with Gasteiger partial charge in [-0.05, 0) is 24.1 Å². The van der Waals surface area contributed by atoms with Crippen LogP contribution >= 0.6 is 0 Å². The molecule has 0 fully saturated rings. The number of carboxylic acid groups (broad SMARTS) is 1. The van der Waals surface area contributed by atoms with Crippen molar-refractivity contribution >= 4 is 17.6 Å². The van der Waals surface area contributed by atoms with Crippen LogP contribution < -0.4 is 17.2 Å². The molecule has 0 bridgehead atoms. The summed E-state index contributed by atoms with van der Waals surface area (Å²) in [6.07, 6.45) is 0.275. The third kappa shape index (κ3) is 3.58. The van der Waals surface area contributed by atoms with Crippen LogP contribution in [0.25, 0.3) is 0 Å². The summed E-state index contributed by atoms with van der Waals surface area (Å²) in [7, 11) is 0. The van der Waals surface area contributed by atoms with E-state index in [9.17, 15) is 4.79 Å². The molecular weight excluding hydrogens is 208 g/mol. The summed E-state index contributed by atoms with van der Waals surface area (Å²) in [4.78, 5) is 14.4. The van der Waals surface area contributed by atoms with E-state index in [2.05, 4.69) is 4.99 Å². The molecule has 0 aliphatic heterocycles. The fourth-order valence-electron chi connectivity index (χ4n) is 1.20. The lowest BCUT2D eigenvalue weighted by atomic mass is 10.1. The van der Waals surface area contributed by atoms with Gasteiger partial charge in [0, 0.05) is 0 Å². The van der Waals surface area contributed by atoms with Crippen molar-refractivity contribution in [2.45, 2.75) is 12.5 Å². The SMILES string of the molecule is NC(N)=Nc1ccc(CC(N)C(=O)O)cc1. The van der Waals surface area contributed by atoms with E-state index < -0.39 is 12.0 Å². The maximum Gasteiger partial charge on any atom is 0.320 e. The summed E-state index contributed by atoms with van der Waals surface area (Å²) in [6.45, 7) is 0. The summed E-state index contributed by atoms with van der Waals surface area (Å²) < 4.78 is 0. The molecule has 1 atom stereocenters. The Kier molecular flexibility index (Phi) is 3.84. The Labute approximate surface area is 92.8 Å². The third-order valence-corrected chi connectivity index (χ3v) is 1.97. The normalized spacial score (nSPS) is 11.8. The minimum atomic E-state index is -1.02. The number of guanidine groups is 1. The molecule has 1 aromatic carbocycles. The van der Waals surface area contributed by atoms with E-state index in [1.165, 1.54) is 0 Å². The van der Waals surface area contributed by atoms with E-state index in [-0.39, 0.29) is 12.4 Å². The molecule has 6 nitrogen and oxygen atoms in total. The van der Waals surface area contributed by atoms with Gasteiger partial charge in [0.1, 0.15) is 6.04 Å². The maximum absolute atomic E-state index is 10.5. The van der Waals surface area contributed by atoms with Gasteiger partial charge < -0.3 is 22.3 Å². The number of aliphatic carboxylic acids is 1. The average Bonchev–Trinajstić information content (AvgIpc) is 2.20. The first-order chi connectivity index (χ1) is 7.49. The molecule has 0 aliphatic carbocycles. The van der Waals surface area contributed by atoms with Crippen LogP contribution in [0.15, 0.2) is 29.3 Å². The van der Waals surface area contributed by atoms with Crippen LogP contribution in [0.4, 0.5) is 5.69 Å². The predicted octanol–water partition coefficient (Wildman–Crippen LogP) is -0.454. The number of nitrogens with two attached hydrogens (primary N) is 3. The molecule has 0 saturated carbocycles. The molecule has 0 spiro atoms. The highest BCUT2D eigenvalue weighted by Crippen LogP contribution is 2.13. The minimum Gasteiger partial charge on any atom is -0.480 e. The van der Waals surface area contributed by atoms with Crippen molar-refractivity contribution in [1.82, 2.24) is 0 Å².